The number of nitrogens with zero attached hydrogens (tertiary/aromatic N) is 2. The van der Waals surface area contributed by atoms with Crippen LogP contribution in [0, 0.1) is 16.1 Å². The summed E-state index contributed by atoms with van der Waals surface area (Å²) in [6.45, 7) is 10.1. The molecule has 1 aromatic heterocycles. The van der Waals surface area contributed by atoms with Gasteiger partial charge in [-0.15, -0.1) is 0 Å². The molecule has 96 valence electrons. The Morgan fingerprint density at radius 3 is 2.76 bits per heavy atom. The normalized spacial score (nSPS) is 23.5. The van der Waals surface area contributed by atoms with Gasteiger partial charge in [-0.3, -0.25) is 5.10 Å². The standard InChI is InChI=1S/C13H23N3S/c1-9(2)8-16-11(14-15-12(16)17)10-6-5-7-13(10,3)4/h9-10H,5-8H2,1-4H3,(H,15,17). The molecule has 0 saturated heterocycles. The molecule has 1 fully saturated rings. The fourth-order valence-electron chi connectivity index (χ4n) is 2.94. The van der Waals surface area contributed by atoms with Gasteiger partial charge in [0, 0.05) is 12.5 Å². The molecule has 1 atom stereocenters. The van der Waals surface area contributed by atoms with Crippen LogP contribution in [0.25, 0.3) is 0 Å². The Kier molecular flexibility index (Phi) is 3.43. The lowest BCUT2D eigenvalue weighted by Crippen LogP contribution is -2.21. The summed E-state index contributed by atoms with van der Waals surface area (Å²) in [6.07, 6.45) is 3.84. The van der Waals surface area contributed by atoms with E-state index in [0.717, 1.165) is 11.3 Å². The van der Waals surface area contributed by atoms with Crippen LogP contribution in [0.4, 0.5) is 0 Å². The van der Waals surface area contributed by atoms with Crippen LogP contribution in [0.3, 0.4) is 0 Å². The van der Waals surface area contributed by atoms with Crippen LogP contribution in [-0.2, 0) is 6.54 Å². The zero-order valence-electron chi connectivity index (χ0n) is 11.3. The minimum atomic E-state index is 0.357. The van der Waals surface area contributed by atoms with Crippen molar-refractivity contribution in [3.8, 4) is 0 Å². The lowest BCUT2D eigenvalue weighted by molar-refractivity contribution is 0.310. The molecule has 1 heterocycles. The summed E-state index contributed by atoms with van der Waals surface area (Å²) in [7, 11) is 0. The average Bonchev–Trinajstić information content (AvgIpc) is 2.71. The highest BCUT2D eigenvalue weighted by Gasteiger charge is 2.38. The number of hydrogen-bond acceptors (Lipinski definition) is 2. The first kappa shape index (κ1) is 12.8. The number of rotatable bonds is 3. The largest absolute Gasteiger partial charge is 0.304 e. The highest BCUT2D eigenvalue weighted by atomic mass is 32.1. The molecule has 0 amide bonds. The first-order chi connectivity index (χ1) is 7.92. The molecule has 0 radical (unpaired) electrons. The highest BCUT2D eigenvalue weighted by molar-refractivity contribution is 7.71. The van der Waals surface area contributed by atoms with E-state index in [1.54, 1.807) is 0 Å². The molecule has 2 rings (SSSR count). The van der Waals surface area contributed by atoms with E-state index < -0.39 is 0 Å². The topological polar surface area (TPSA) is 33.6 Å². The van der Waals surface area contributed by atoms with E-state index in [2.05, 4.69) is 42.5 Å². The Balaban J connectivity index is 2.36. The van der Waals surface area contributed by atoms with Crippen molar-refractivity contribution in [2.24, 2.45) is 11.3 Å². The molecule has 1 aliphatic rings. The lowest BCUT2D eigenvalue weighted by atomic mass is 9.81. The predicted octanol–water partition coefficient (Wildman–Crippen LogP) is 3.89. The van der Waals surface area contributed by atoms with E-state index >= 15 is 0 Å². The second-order valence-electron chi connectivity index (χ2n) is 6.32. The van der Waals surface area contributed by atoms with Crippen LogP contribution in [0.15, 0.2) is 0 Å². The first-order valence-electron chi connectivity index (χ1n) is 6.57. The SMILES string of the molecule is CC(C)Cn1c(C2CCCC2(C)C)n[nH]c1=S. The van der Waals surface area contributed by atoms with E-state index in [4.69, 9.17) is 12.2 Å². The van der Waals surface area contributed by atoms with Crippen molar-refractivity contribution in [3.63, 3.8) is 0 Å². The van der Waals surface area contributed by atoms with E-state index in [9.17, 15) is 0 Å². The van der Waals surface area contributed by atoms with Gasteiger partial charge in [0.05, 0.1) is 0 Å². The Bertz CT molecular complexity index is 442. The number of nitrogens with one attached hydrogen (secondary N) is 1. The summed E-state index contributed by atoms with van der Waals surface area (Å²) in [6, 6.07) is 0. The van der Waals surface area contributed by atoms with Crippen LogP contribution in [0.2, 0.25) is 0 Å². The molecule has 3 nitrogen and oxygen atoms in total. The van der Waals surface area contributed by atoms with Gasteiger partial charge in [-0.1, -0.05) is 34.1 Å². The molecule has 1 aliphatic carbocycles. The van der Waals surface area contributed by atoms with Crippen molar-refractivity contribution in [2.75, 3.05) is 0 Å². The molecule has 0 bridgehead atoms. The third kappa shape index (κ3) is 2.46. The average molecular weight is 253 g/mol. The van der Waals surface area contributed by atoms with Gasteiger partial charge in [0.2, 0.25) is 0 Å². The maximum absolute atomic E-state index is 5.35. The van der Waals surface area contributed by atoms with Crippen LogP contribution in [-0.4, -0.2) is 14.8 Å². The van der Waals surface area contributed by atoms with Gasteiger partial charge in [-0.2, -0.15) is 5.10 Å². The summed E-state index contributed by atoms with van der Waals surface area (Å²) in [5.41, 5.74) is 0.357. The second-order valence-corrected chi connectivity index (χ2v) is 6.71. The molecular weight excluding hydrogens is 230 g/mol. The Labute approximate surface area is 109 Å². The molecule has 0 spiro atoms. The van der Waals surface area contributed by atoms with Gasteiger partial charge in [0.25, 0.3) is 0 Å². The summed E-state index contributed by atoms with van der Waals surface area (Å²) >= 11 is 5.35. The van der Waals surface area contributed by atoms with Gasteiger partial charge in [0.15, 0.2) is 4.77 Å². The zero-order valence-corrected chi connectivity index (χ0v) is 12.1. The van der Waals surface area contributed by atoms with Crippen LogP contribution in [0.1, 0.15) is 58.7 Å². The molecule has 4 heteroatoms. The first-order valence-corrected chi connectivity index (χ1v) is 6.98. The molecule has 1 saturated carbocycles. The van der Waals surface area contributed by atoms with E-state index in [1.807, 2.05) is 0 Å². The van der Waals surface area contributed by atoms with Crippen molar-refractivity contribution in [2.45, 2.75) is 59.4 Å². The monoisotopic (exact) mass is 253 g/mol. The maximum atomic E-state index is 5.35. The highest BCUT2D eigenvalue weighted by Crippen LogP contribution is 2.48. The third-order valence-electron chi connectivity index (χ3n) is 3.90. The Morgan fingerprint density at radius 1 is 1.53 bits per heavy atom. The van der Waals surface area contributed by atoms with E-state index in [1.165, 1.54) is 25.1 Å². The summed E-state index contributed by atoms with van der Waals surface area (Å²) in [4.78, 5) is 0. The summed E-state index contributed by atoms with van der Waals surface area (Å²) in [5.74, 6) is 2.32. The molecule has 0 aromatic carbocycles. The van der Waals surface area contributed by atoms with Crippen LogP contribution >= 0.6 is 12.2 Å². The van der Waals surface area contributed by atoms with Crippen molar-refractivity contribution in [1.82, 2.24) is 14.8 Å². The third-order valence-corrected chi connectivity index (χ3v) is 4.22. The lowest BCUT2D eigenvalue weighted by Gasteiger charge is -2.26. The van der Waals surface area contributed by atoms with E-state index in [0.29, 0.717) is 17.3 Å². The molecule has 17 heavy (non-hydrogen) atoms. The van der Waals surface area contributed by atoms with Crippen LogP contribution in [0.5, 0.6) is 0 Å². The summed E-state index contributed by atoms with van der Waals surface area (Å²) in [5, 5.41) is 7.47. The van der Waals surface area contributed by atoms with Crippen molar-refractivity contribution >= 4 is 12.2 Å². The second kappa shape index (κ2) is 4.56. The van der Waals surface area contributed by atoms with E-state index in [-0.39, 0.29) is 0 Å². The number of H-pyrrole nitrogens is 1. The molecule has 0 aliphatic heterocycles. The quantitative estimate of drug-likeness (QED) is 0.829. The molecule has 1 unspecified atom stereocenters. The van der Waals surface area contributed by atoms with Gasteiger partial charge in [-0.25, -0.2) is 0 Å². The predicted molar refractivity (Wildman–Crippen MR) is 72.6 cm³/mol. The summed E-state index contributed by atoms with van der Waals surface area (Å²) < 4.78 is 2.98. The van der Waals surface area contributed by atoms with Crippen molar-refractivity contribution < 1.29 is 0 Å². The minimum Gasteiger partial charge on any atom is -0.304 e. The van der Waals surface area contributed by atoms with Gasteiger partial charge < -0.3 is 4.57 Å². The molecule has 1 N–H and O–H groups in total. The van der Waals surface area contributed by atoms with Crippen molar-refractivity contribution in [1.29, 1.82) is 0 Å². The number of aromatic nitrogens is 3. The fraction of sp³-hybridized carbons (Fsp3) is 0.846. The van der Waals surface area contributed by atoms with Gasteiger partial charge in [0.1, 0.15) is 5.82 Å². The Morgan fingerprint density at radius 2 is 2.24 bits per heavy atom. The Hall–Kier alpha value is -0.640. The zero-order chi connectivity index (χ0) is 12.6. The smallest absolute Gasteiger partial charge is 0.195 e. The fourth-order valence-corrected chi connectivity index (χ4v) is 3.16. The molecule has 1 aromatic rings. The minimum absolute atomic E-state index is 0.357. The number of hydrogen-bond donors (Lipinski definition) is 1. The van der Waals surface area contributed by atoms with Gasteiger partial charge in [-0.05, 0) is 36.4 Å². The van der Waals surface area contributed by atoms with Crippen molar-refractivity contribution in [3.05, 3.63) is 10.6 Å². The maximum Gasteiger partial charge on any atom is 0.195 e. The molecular formula is C13H23N3S. The van der Waals surface area contributed by atoms with Crippen LogP contribution < -0.4 is 0 Å². The number of aromatic amines is 1. The van der Waals surface area contributed by atoms with Gasteiger partial charge >= 0.3 is 0 Å².